The molecule has 0 spiro atoms. The Labute approximate surface area is 275 Å². The molecular formula is C36H34F2N6O4. The SMILES string of the molecule is C#Cc1c(F)ccc2cc(O)cc(-c3ncc4c(N5C[C@@H]6C[C@@H](O)[C@H](C5)N6C(=O)C=C)nc(OCC56CCCN5CCC6)nc4c3F)c12. The Morgan fingerprint density at radius 3 is 2.71 bits per heavy atom. The summed E-state index contributed by atoms with van der Waals surface area (Å²) in [6, 6.07) is 4.58. The van der Waals surface area contributed by atoms with Gasteiger partial charge in [-0.2, -0.15) is 9.97 Å². The molecule has 6 heterocycles. The summed E-state index contributed by atoms with van der Waals surface area (Å²) in [6.07, 6.45) is 12.2. The van der Waals surface area contributed by atoms with Crippen LogP contribution in [0.1, 0.15) is 37.7 Å². The third-order valence-electron chi connectivity index (χ3n) is 10.7. The number of amides is 1. The van der Waals surface area contributed by atoms with Crippen molar-refractivity contribution in [3.05, 3.63) is 60.3 Å². The fourth-order valence-corrected chi connectivity index (χ4v) is 8.48. The van der Waals surface area contributed by atoms with Crippen molar-refractivity contribution < 1.29 is 28.5 Å². The maximum absolute atomic E-state index is 16.9. The summed E-state index contributed by atoms with van der Waals surface area (Å²) < 4.78 is 38.1. The number of benzene rings is 2. The van der Waals surface area contributed by atoms with Crippen LogP contribution in [0.15, 0.2) is 43.1 Å². The number of phenolic OH excluding ortho intramolecular Hbond substituents is 1. The van der Waals surface area contributed by atoms with Gasteiger partial charge in [-0.05, 0) is 74.9 Å². The molecule has 246 valence electrons. The molecule has 4 aliphatic rings. The van der Waals surface area contributed by atoms with Crippen LogP contribution in [0.5, 0.6) is 11.8 Å². The minimum atomic E-state index is -0.815. The van der Waals surface area contributed by atoms with E-state index < -0.39 is 23.8 Å². The van der Waals surface area contributed by atoms with E-state index in [-0.39, 0.29) is 63.5 Å². The number of ether oxygens (including phenoxy) is 1. The zero-order chi connectivity index (χ0) is 33.3. The van der Waals surface area contributed by atoms with Crippen molar-refractivity contribution in [1.82, 2.24) is 24.8 Å². The highest BCUT2D eigenvalue weighted by Gasteiger charge is 2.48. The minimum Gasteiger partial charge on any atom is -0.508 e. The lowest BCUT2D eigenvalue weighted by atomic mass is 9.95. The number of aliphatic hydroxyl groups is 1. The van der Waals surface area contributed by atoms with Gasteiger partial charge in [-0.1, -0.05) is 18.6 Å². The summed E-state index contributed by atoms with van der Waals surface area (Å²) in [5, 5.41) is 22.4. The maximum atomic E-state index is 16.9. The molecule has 2 bridgehead atoms. The Bertz CT molecular complexity index is 2040. The number of carbonyl (C=O) groups is 1. The lowest BCUT2D eigenvalue weighted by Gasteiger charge is -2.41. The highest BCUT2D eigenvalue weighted by molar-refractivity contribution is 6.03. The van der Waals surface area contributed by atoms with E-state index in [0.29, 0.717) is 36.2 Å². The standard InChI is InChI=1S/C36H34F2N6O4/c1-3-23-26(37)8-7-20-13-22(45)15-24(30(20)23)32-31(38)33-25(16-39-32)34(42-17-21-14-28(46)27(18-42)44(21)29(47)4-2)41-35(40-33)48-19-36-9-5-11-43(36)12-6-10-36/h1,4,7-8,13,15-16,21,27-28,45-46H,2,5-6,9-12,14,17-19H2/t21-,27-,28+/m0/s1. The quantitative estimate of drug-likeness (QED) is 0.234. The molecule has 1 amide bonds. The average molecular weight is 653 g/mol. The van der Waals surface area contributed by atoms with Gasteiger partial charge in [0.25, 0.3) is 0 Å². The smallest absolute Gasteiger partial charge is 0.319 e. The van der Waals surface area contributed by atoms with Gasteiger partial charge in [-0.15, -0.1) is 6.42 Å². The van der Waals surface area contributed by atoms with E-state index in [1.165, 1.54) is 36.5 Å². The van der Waals surface area contributed by atoms with Crippen LogP contribution >= 0.6 is 0 Å². The van der Waals surface area contributed by atoms with Crippen LogP contribution in [-0.2, 0) is 4.79 Å². The third kappa shape index (κ3) is 4.67. The molecule has 12 heteroatoms. The van der Waals surface area contributed by atoms with Gasteiger partial charge in [0.2, 0.25) is 5.91 Å². The average Bonchev–Trinajstić information content (AvgIpc) is 3.72. The van der Waals surface area contributed by atoms with E-state index in [9.17, 15) is 19.4 Å². The fraction of sp³-hybridized carbons (Fsp3) is 0.389. The lowest BCUT2D eigenvalue weighted by Crippen LogP contribution is -2.57. The monoisotopic (exact) mass is 652 g/mol. The molecule has 2 aromatic carbocycles. The van der Waals surface area contributed by atoms with Gasteiger partial charge >= 0.3 is 6.01 Å². The Hall–Kier alpha value is -4.86. The number of rotatable bonds is 6. The van der Waals surface area contributed by atoms with Crippen LogP contribution in [0.4, 0.5) is 14.6 Å². The van der Waals surface area contributed by atoms with Gasteiger partial charge in [-0.3, -0.25) is 14.7 Å². The van der Waals surface area contributed by atoms with Crippen molar-refractivity contribution in [2.45, 2.75) is 55.8 Å². The Balaban J connectivity index is 1.27. The van der Waals surface area contributed by atoms with Crippen LogP contribution in [0.2, 0.25) is 0 Å². The van der Waals surface area contributed by atoms with Gasteiger partial charge in [0.15, 0.2) is 5.82 Å². The zero-order valence-electron chi connectivity index (χ0n) is 26.2. The molecule has 2 N–H and O–H groups in total. The molecule has 10 nitrogen and oxygen atoms in total. The van der Waals surface area contributed by atoms with E-state index in [1.54, 1.807) is 4.90 Å². The molecule has 0 aliphatic carbocycles. The van der Waals surface area contributed by atoms with Crippen molar-refractivity contribution in [2.75, 3.05) is 37.7 Å². The normalized spacial score (nSPS) is 23.1. The Morgan fingerprint density at radius 2 is 1.98 bits per heavy atom. The van der Waals surface area contributed by atoms with Crippen molar-refractivity contribution in [1.29, 1.82) is 0 Å². The molecule has 0 saturated carbocycles. The van der Waals surface area contributed by atoms with Gasteiger partial charge in [-0.25, -0.2) is 8.78 Å². The number of hydrogen-bond donors (Lipinski definition) is 2. The number of aliphatic hydroxyl groups excluding tert-OH is 1. The fourth-order valence-electron chi connectivity index (χ4n) is 8.48. The molecule has 3 atom stereocenters. The second kappa shape index (κ2) is 11.4. The number of fused-ring (bicyclic) bond motifs is 5. The number of carbonyl (C=O) groups excluding carboxylic acids is 1. The van der Waals surface area contributed by atoms with Crippen molar-refractivity contribution >= 4 is 33.4 Å². The number of piperazine rings is 1. The number of aromatic nitrogens is 3. The number of anilines is 1. The van der Waals surface area contributed by atoms with Gasteiger partial charge in [0.1, 0.15) is 35.2 Å². The predicted molar refractivity (Wildman–Crippen MR) is 176 cm³/mol. The van der Waals surface area contributed by atoms with Crippen LogP contribution in [0.25, 0.3) is 32.9 Å². The van der Waals surface area contributed by atoms with E-state index in [0.717, 1.165) is 38.8 Å². The minimum absolute atomic E-state index is 0.00436. The lowest BCUT2D eigenvalue weighted by molar-refractivity contribution is -0.130. The molecule has 8 rings (SSSR count). The second-order valence-corrected chi connectivity index (χ2v) is 13.3. The van der Waals surface area contributed by atoms with E-state index in [4.69, 9.17) is 16.1 Å². The molecular weight excluding hydrogens is 618 g/mol. The Kier molecular flexibility index (Phi) is 7.23. The van der Waals surface area contributed by atoms with Gasteiger partial charge < -0.3 is 24.7 Å². The van der Waals surface area contributed by atoms with E-state index in [2.05, 4.69) is 27.4 Å². The number of hydrogen-bond acceptors (Lipinski definition) is 9. The van der Waals surface area contributed by atoms with Crippen molar-refractivity contribution in [2.24, 2.45) is 0 Å². The Morgan fingerprint density at radius 1 is 1.19 bits per heavy atom. The predicted octanol–water partition coefficient (Wildman–Crippen LogP) is 4.15. The number of phenols is 1. The number of terminal acetylenes is 1. The summed E-state index contributed by atoms with van der Waals surface area (Å²) in [7, 11) is 0. The maximum Gasteiger partial charge on any atom is 0.319 e. The highest BCUT2D eigenvalue weighted by Crippen LogP contribution is 2.42. The number of nitrogens with zero attached hydrogens (tertiary/aromatic N) is 6. The molecule has 48 heavy (non-hydrogen) atoms. The number of aromatic hydroxyl groups is 1. The van der Waals surface area contributed by atoms with E-state index in [1.807, 2.05) is 4.90 Å². The highest BCUT2D eigenvalue weighted by atomic mass is 19.1. The number of halogens is 2. The van der Waals surface area contributed by atoms with E-state index >= 15 is 4.39 Å². The first kappa shape index (κ1) is 30.5. The van der Waals surface area contributed by atoms with Crippen LogP contribution < -0.4 is 9.64 Å². The molecule has 4 aromatic rings. The molecule has 2 aromatic heterocycles. The van der Waals surface area contributed by atoms with Gasteiger partial charge in [0.05, 0.1) is 34.7 Å². The first-order valence-electron chi connectivity index (χ1n) is 16.3. The van der Waals surface area contributed by atoms with Crippen molar-refractivity contribution in [3.63, 3.8) is 0 Å². The zero-order valence-corrected chi connectivity index (χ0v) is 26.2. The summed E-state index contributed by atoms with van der Waals surface area (Å²) in [6.45, 7) is 6.57. The largest absolute Gasteiger partial charge is 0.508 e. The topological polar surface area (TPSA) is 115 Å². The van der Waals surface area contributed by atoms with Crippen LogP contribution in [-0.4, -0.2) is 97.4 Å². The molecule has 4 saturated heterocycles. The number of pyridine rings is 1. The summed E-state index contributed by atoms with van der Waals surface area (Å²) in [5.74, 6) is 0.834. The first-order valence-corrected chi connectivity index (χ1v) is 16.3. The van der Waals surface area contributed by atoms with Crippen LogP contribution in [0, 0.1) is 24.0 Å². The summed E-state index contributed by atoms with van der Waals surface area (Å²) in [5.41, 5.74) is -0.316. The van der Waals surface area contributed by atoms with Crippen molar-refractivity contribution in [3.8, 4) is 35.4 Å². The van der Waals surface area contributed by atoms with Gasteiger partial charge in [0, 0.05) is 30.2 Å². The molecule has 4 aliphatic heterocycles. The summed E-state index contributed by atoms with van der Waals surface area (Å²) in [4.78, 5) is 32.6. The van der Waals surface area contributed by atoms with Crippen LogP contribution in [0.3, 0.4) is 0 Å². The molecule has 0 unspecified atom stereocenters. The third-order valence-corrected chi connectivity index (χ3v) is 10.7. The molecule has 4 fully saturated rings. The first-order chi connectivity index (χ1) is 23.2. The molecule has 0 radical (unpaired) electrons. The summed E-state index contributed by atoms with van der Waals surface area (Å²) >= 11 is 0. The second-order valence-electron chi connectivity index (χ2n) is 13.3.